The van der Waals surface area contributed by atoms with Crippen molar-refractivity contribution >= 4 is 22.4 Å². The molecular formula is C20H18F2N6. The highest BCUT2D eigenvalue weighted by atomic mass is 19.1. The zero-order valence-electron chi connectivity index (χ0n) is 15.4. The van der Waals surface area contributed by atoms with Crippen LogP contribution < -0.4 is 5.32 Å². The number of anilines is 2. The molecule has 4 rings (SSSR count). The number of alkyl halides is 1. The molecule has 8 heteroatoms. The van der Waals surface area contributed by atoms with Crippen molar-refractivity contribution in [2.75, 3.05) is 12.0 Å². The number of hydrogen-bond acceptors (Lipinski definition) is 5. The van der Waals surface area contributed by atoms with Crippen LogP contribution in [-0.4, -0.2) is 31.4 Å². The lowest BCUT2D eigenvalue weighted by Gasteiger charge is -2.15. The molecule has 0 saturated carbocycles. The molecule has 0 bridgehead atoms. The van der Waals surface area contributed by atoms with Gasteiger partial charge >= 0.3 is 0 Å². The third kappa shape index (κ3) is 3.17. The van der Waals surface area contributed by atoms with Crippen LogP contribution >= 0.6 is 0 Å². The summed E-state index contributed by atoms with van der Waals surface area (Å²) in [5.74, 6) is -0.491. The second-order valence-electron chi connectivity index (χ2n) is 6.37. The highest BCUT2D eigenvalue weighted by Crippen LogP contribution is 2.33. The van der Waals surface area contributed by atoms with Gasteiger partial charge in [-0.05, 0) is 37.6 Å². The topological polar surface area (TPSA) is 68.5 Å². The van der Waals surface area contributed by atoms with Gasteiger partial charge in [-0.3, -0.25) is 14.6 Å². The van der Waals surface area contributed by atoms with Crippen LogP contribution in [0.5, 0.6) is 0 Å². The molecular weight excluding hydrogens is 362 g/mol. The zero-order valence-corrected chi connectivity index (χ0v) is 15.4. The molecule has 142 valence electrons. The van der Waals surface area contributed by atoms with Gasteiger partial charge in [0.25, 0.3) is 0 Å². The summed E-state index contributed by atoms with van der Waals surface area (Å²) in [4.78, 5) is 12.8. The van der Waals surface area contributed by atoms with Gasteiger partial charge in [0.15, 0.2) is 5.82 Å². The van der Waals surface area contributed by atoms with Crippen molar-refractivity contribution in [3.63, 3.8) is 0 Å². The summed E-state index contributed by atoms with van der Waals surface area (Å²) in [6.07, 6.45) is 4.87. The van der Waals surface area contributed by atoms with E-state index in [1.54, 1.807) is 49.8 Å². The molecule has 0 spiro atoms. The van der Waals surface area contributed by atoms with Crippen LogP contribution in [0.4, 0.5) is 20.2 Å². The lowest BCUT2D eigenvalue weighted by atomic mass is 10.1. The Morgan fingerprint density at radius 3 is 2.71 bits per heavy atom. The van der Waals surface area contributed by atoms with Crippen LogP contribution in [0.1, 0.15) is 11.3 Å². The highest BCUT2D eigenvalue weighted by Gasteiger charge is 2.19. The first-order valence-electron chi connectivity index (χ1n) is 8.81. The second kappa shape index (κ2) is 7.30. The van der Waals surface area contributed by atoms with E-state index < -0.39 is 12.5 Å². The smallest absolute Gasteiger partial charge is 0.174 e. The van der Waals surface area contributed by atoms with E-state index >= 15 is 4.39 Å². The molecule has 4 aromatic rings. The summed E-state index contributed by atoms with van der Waals surface area (Å²) in [5.41, 5.74) is 4.06. The number of fused-ring (bicyclic) bond motifs is 1. The Bertz CT molecular complexity index is 1140. The van der Waals surface area contributed by atoms with Gasteiger partial charge in [0, 0.05) is 18.1 Å². The van der Waals surface area contributed by atoms with E-state index in [1.807, 2.05) is 6.92 Å². The molecule has 1 N–H and O–H groups in total. The van der Waals surface area contributed by atoms with E-state index in [1.165, 1.54) is 4.68 Å². The molecule has 0 aromatic carbocycles. The van der Waals surface area contributed by atoms with Crippen LogP contribution in [0.2, 0.25) is 0 Å². The first-order chi connectivity index (χ1) is 13.6. The molecule has 0 fully saturated rings. The third-order valence-electron chi connectivity index (χ3n) is 4.56. The average Bonchev–Trinajstić information content (AvgIpc) is 3.12. The first-order valence-corrected chi connectivity index (χ1v) is 8.81. The van der Waals surface area contributed by atoms with Gasteiger partial charge in [-0.2, -0.15) is 5.10 Å². The van der Waals surface area contributed by atoms with Crippen molar-refractivity contribution in [1.82, 2.24) is 24.7 Å². The molecule has 6 nitrogen and oxygen atoms in total. The number of rotatable bonds is 5. The molecule has 0 aliphatic heterocycles. The molecule has 0 aliphatic carbocycles. The van der Waals surface area contributed by atoms with Crippen molar-refractivity contribution in [2.45, 2.75) is 20.4 Å². The molecule has 0 atom stereocenters. The van der Waals surface area contributed by atoms with Crippen molar-refractivity contribution in [1.29, 1.82) is 0 Å². The average molecular weight is 380 g/mol. The molecule has 0 unspecified atom stereocenters. The molecule has 0 amide bonds. The van der Waals surface area contributed by atoms with Gasteiger partial charge in [-0.1, -0.05) is 6.07 Å². The maximum atomic E-state index is 15.4. The Hall–Kier alpha value is -3.42. The van der Waals surface area contributed by atoms with E-state index in [4.69, 9.17) is 0 Å². The number of pyridine rings is 3. The van der Waals surface area contributed by atoms with Gasteiger partial charge < -0.3 is 5.32 Å². The van der Waals surface area contributed by atoms with Crippen molar-refractivity contribution < 1.29 is 8.78 Å². The number of halogens is 2. The van der Waals surface area contributed by atoms with Crippen LogP contribution in [-0.2, 0) is 6.54 Å². The van der Waals surface area contributed by atoms with Gasteiger partial charge in [0.1, 0.15) is 23.4 Å². The van der Waals surface area contributed by atoms with Crippen molar-refractivity contribution in [3.8, 4) is 11.4 Å². The molecule has 4 heterocycles. The Kier molecular flexibility index (Phi) is 4.68. The number of aryl methyl sites for hydroxylation is 2. The molecule has 4 aromatic heterocycles. The summed E-state index contributed by atoms with van der Waals surface area (Å²) < 4.78 is 29.5. The fraction of sp³-hybridized carbons (Fsp3) is 0.200. The highest BCUT2D eigenvalue weighted by molar-refractivity contribution is 5.90. The van der Waals surface area contributed by atoms with Crippen molar-refractivity contribution in [3.05, 3.63) is 59.9 Å². The van der Waals surface area contributed by atoms with Gasteiger partial charge in [-0.25, -0.2) is 13.8 Å². The Labute approximate surface area is 160 Å². The van der Waals surface area contributed by atoms with Crippen LogP contribution in [0.15, 0.2) is 42.9 Å². The normalized spacial score (nSPS) is 11.1. The number of hydrogen-bond donors (Lipinski definition) is 1. The van der Waals surface area contributed by atoms with E-state index in [9.17, 15) is 4.39 Å². The SMILES string of the molecule is Cc1nc(-c2ccccn2)c(F)c(Nc2ccnc3cn(CCF)nc23)c1C. The van der Waals surface area contributed by atoms with E-state index in [0.717, 1.165) is 0 Å². The van der Waals surface area contributed by atoms with E-state index in [-0.39, 0.29) is 12.2 Å². The number of nitrogens with zero attached hydrogens (tertiary/aromatic N) is 5. The summed E-state index contributed by atoms with van der Waals surface area (Å²) in [5, 5.41) is 7.50. The largest absolute Gasteiger partial charge is 0.351 e. The fourth-order valence-electron chi connectivity index (χ4n) is 2.99. The Morgan fingerprint density at radius 2 is 1.96 bits per heavy atom. The number of aromatic nitrogens is 5. The quantitative estimate of drug-likeness (QED) is 0.557. The van der Waals surface area contributed by atoms with E-state index in [0.29, 0.717) is 39.4 Å². The summed E-state index contributed by atoms with van der Waals surface area (Å²) in [6.45, 7) is 3.24. The lowest BCUT2D eigenvalue weighted by molar-refractivity contribution is 0.428. The summed E-state index contributed by atoms with van der Waals surface area (Å²) >= 11 is 0. The minimum atomic E-state index is -0.526. The monoisotopic (exact) mass is 380 g/mol. The zero-order chi connectivity index (χ0) is 19.7. The van der Waals surface area contributed by atoms with Crippen LogP contribution in [0, 0.1) is 19.7 Å². The van der Waals surface area contributed by atoms with Gasteiger partial charge in [-0.15, -0.1) is 0 Å². The Morgan fingerprint density at radius 1 is 1.11 bits per heavy atom. The standard InChI is InChI=1S/C20H18F2N6/c1-12-13(2)25-20(14-5-3-4-8-23-14)17(22)18(12)26-15-6-9-24-16-11-28(10-7-21)27-19(15)16/h3-6,8-9,11H,7,10H2,1-2H3,(H,25,26). The molecule has 0 aliphatic rings. The summed E-state index contributed by atoms with van der Waals surface area (Å²) in [7, 11) is 0. The minimum absolute atomic E-state index is 0.140. The molecule has 0 radical (unpaired) electrons. The fourth-order valence-corrected chi connectivity index (χ4v) is 2.99. The van der Waals surface area contributed by atoms with Crippen LogP contribution in [0.25, 0.3) is 22.4 Å². The lowest BCUT2D eigenvalue weighted by Crippen LogP contribution is -2.05. The van der Waals surface area contributed by atoms with E-state index in [2.05, 4.69) is 25.4 Å². The number of nitrogens with one attached hydrogen (secondary N) is 1. The second-order valence-corrected chi connectivity index (χ2v) is 6.37. The Balaban J connectivity index is 1.82. The van der Waals surface area contributed by atoms with Crippen molar-refractivity contribution in [2.24, 2.45) is 0 Å². The maximum absolute atomic E-state index is 15.4. The third-order valence-corrected chi connectivity index (χ3v) is 4.56. The first kappa shape index (κ1) is 18.0. The summed E-state index contributed by atoms with van der Waals surface area (Å²) in [6, 6.07) is 6.98. The predicted octanol–water partition coefficient (Wildman–Crippen LogP) is 4.36. The maximum Gasteiger partial charge on any atom is 0.174 e. The van der Waals surface area contributed by atoms with Gasteiger partial charge in [0.2, 0.25) is 0 Å². The predicted molar refractivity (Wildman–Crippen MR) is 104 cm³/mol. The van der Waals surface area contributed by atoms with Gasteiger partial charge in [0.05, 0.1) is 29.8 Å². The van der Waals surface area contributed by atoms with Crippen LogP contribution in [0.3, 0.4) is 0 Å². The molecule has 0 saturated heterocycles. The molecule has 28 heavy (non-hydrogen) atoms. The minimum Gasteiger partial charge on any atom is -0.351 e.